The van der Waals surface area contributed by atoms with Gasteiger partial charge in [0.2, 0.25) is 0 Å². The van der Waals surface area contributed by atoms with Crippen LogP contribution in [0.1, 0.15) is 5.56 Å². The Bertz CT molecular complexity index is 481. The van der Waals surface area contributed by atoms with E-state index in [0.29, 0.717) is 6.54 Å². The van der Waals surface area contributed by atoms with Gasteiger partial charge in [-0.25, -0.2) is 4.39 Å². The third kappa shape index (κ3) is 2.20. The summed E-state index contributed by atoms with van der Waals surface area (Å²) in [5, 5.41) is 0. The summed E-state index contributed by atoms with van der Waals surface area (Å²) in [7, 11) is 0. The van der Waals surface area contributed by atoms with Crippen molar-refractivity contribution in [1.29, 1.82) is 0 Å². The van der Waals surface area contributed by atoms with Crippen LogP contribution in [0.5, 0.6) is 0 Å². The van der Waals surface area contributed by atoms with Crippen molar-refractivity contribution in [3.8, 4) is 10.4 Å². The van der Waals surface area contributed by atoms with Crippen LogP contribution in [-0.4, -0.2) is 0 Å². The average molecular weight is 242 g/mol. The van der Waals surface area contributed by atoms with Gasteiger partial charge in [-0.05, 0) is 35.4 Å². The van der Waals surface area contributed by atoms with Crippen LogP contribution in [0.4, 0.5) is 4.39 Å². The Morgan fingerprint density at radius 1 is 1.27 bits per heavy atom. The normalized spacial score (nSPS) is 10.6. The standard InChI is InChI=1S/C11H9ClFNS/c12-11-4-3-10(15-11)9-2-1-8(13)5-7(9)6-14/h1-5H,6,14H2. The maximum Gasteiger partial charge on any atom is 0.123 e. The molecule has 0 aliphatic heterocycles. The van der Waals surface area contributed by atoms with E-state index in [4.69, 9.17) is 17.3 Å². The van der Waals surface area contributed by atoms with Crippen LogP contribution in [0.2, 0.25) is 4.34 Å². The molecule has 0 atom stereocenters. The highest BCUT2D eigenvalue weighted by atomic mass is 35.5. The van der Waals surface area contributed by atoms with Gasteiger partial charge in [-0.1, -0.05) is 17.7 Å². The van der Waals surface area contributed by atoms with E-state index in [-0.39, 0.29) is 5.82 Å². The Kier molecular flexibility index (Phi) is 3.05. The molecule has 78 valence electrons. The van der Waals surface area contributed by atoms with E-state index in [1.54, 1.807) is 6.07 Å². The Morgan fingerprint density at radius 3 is 2.67 bits per heavy atom. The fraction of sp³-hybridized carbons (Fsp3) is 0.0909. The van der Waals surface area contributed by atoms with Gasteiger partial charge in [-0.2, -0.15) is 0 Å². The Labute approximate surface area is 96.3 Å². The van der Waals surface area contributed by atoms with Gasteiger partial charge in [0.1, 0.15) is 5.82 Å². The minimum atomic E-state index is -0.262. The maximum absolute atomic E-state index is 13.0. The molecule has 15 heavy (non-hydrogen) atoms. The zero-order valence-electron chi connectivity index (χ0n) is 7.84. The van der Waals surface area contributed by atoms with Crippen LogP contribution in [0.15, 0.2) is 30.3 Å². The van der Waals surface area contributed by atoms with E-state index in [2.05, 4.69) is 0 Å². The van der Waals surface area contributed by atoms with Gasteiger partial charge in [0.25, 0.3) is 0 Å². The molecule has 4 heteroatoms. The lowest BCUT2D eigenvalue weighted by Gasteiger charge is -2.05. The van der Waals surface area contributed by atoms with Crippen molar-refractivity contribution in [3.63, 3.8) is 0 Å². The second-order valence-electron chi connectivity index (χ2n) is 3.11. The first-order valence-corrected chi connectivity index (χ1v) is 5.64. The Hall–Kier alpha value is -0.900. The van der Waals surface area contributed by atoms with E-state index in [0.717, 1.165) is 20.3 Å². The predicted octanol–water partition coefficient (Wildman–Crippen LogP) is 3.67. The van der Waals surface area contributed by atoms with Crippen molar-refractivity contribution < 1.29 is 4.39 Å². The molecule has 0 spiro atoms. The molecule has 1 nitrogen and oxygen atoms in total. The van der Waals surface area contributed by atoms with E-state index < -0.39 is 0 Å². The average Bonchev–Trinajstić information content (AvgIpc) is 2.64. The van der Waals surface area contributed by atoms with Crippen molar-refractivity contribution in [2.45, 2.75) is 6.54 Å². The molecule has 0 fully saturated rings. The van der Waals surface area contributed by atoms with E-state index in [1.807, 2.05) is 12.1 Å². The van der Waals surface area contributed by atoms with E-state index in [1.165, 1.54) is 23.5 Å². The Balaban J connectivity index is 2.52. The first-order valence-electron chi connectivity index (χ1n) is 4.45. The molecule has 1 aromatic carbocycles. The lowest BCUT2D eigenvalue weighted by Crippen LogP contribution is -1.99. The fourth-order valence-corrected chi connectivity index (χ4v) is 2.53. The van der Waals surface area contributed by atoms with E-state index >= 15 is 0 Å². The topological polar surface area (TPSA) is 26.0 Å². The van der Waals surface area contributed by atoms with Gasteiger partial charge in [0.15, 0.2) is 0 Å². The summed E-state index contributed by atoms with van der Waals surface area (Å²) >= 11 is 7.31. The van der Waals surface area contributed by atoms with Crippen LogP contribution in [0.3, 0.4) is 0 Å². The molecule has 1 heterocycles. The van der Waals surface area contributed by atoms with Crippen LogP contribution in [-0.2, 0) is 6.54 Å². The molecule has 2 rings (SSSR count). The van der Waals surface area contributed by atoms with Crippen molar-refractivity contribution in [2.24, 2.45) is 5.73 Å². The SMILES string of the molecule is NCc1cc(F)ccc1-c1ccc(Cl)s1. The van der Waals surface area contributed by atoms with Gasteiger partial charge >= 0.3 is 0 Å². The molecule has 0 saturated heterocycles. The van der Waals surface area contributed by atoms with Crippen LogP contribution in [0, 0.1) is 5.82 Å². The maximum atomic E-state index is 13.0. The Morgan fingerprint density at radius 2 is 2.07 bits per heavy atom. The number of halogens is 2. The lowest BCUT2D eigenvalue weighted by molar-refractivity contribution is 0.626. The minimum absolute atomic E-state index is 0.262. The minimum Gasteiger partial charge on any atom is -0.326 e. The third-order valence-corrected chi connectivity index (χ3v) is 3.39. The van der Waals surface area contributed by atoms with Crippen molar-refractivity contribution in [2.75, 3.05) is 0 Å². The largest absolute Gasteiger partial charge is 0.326 e. The van der Waals surface area contributed by atoms with Crippen LogP contribution in [0.25, 0.3) is 10.4 Å². The first-order chi connectivity index (χ1) is 7.20. The molecular formula is C11H9ClFNS. The quantitative estimate of drug-likeness (QED) is 0.853. The molecule has 0 unspecified atom stereocenters. The first kappa shape index (κ1) is 10.6. The number of hydrogen-bond donors (Lipinski definition) is 1. The summed E-state index contributed by atoms with van der Waals surface area (Å²) in [6.07, 6.45) is 0. The zero-order valence-corrected chi connectivity index (χ0v) is 9.41. The van der Waals surface area contributed by atoms with Crippen molar-refractivity contribution in [3.05, 3.63) is 46.0 Å². The van der Waals surface area contributed by atoms with Gasteiger partial charge in [0.05, 0.1) is 4.34 Å². The molecular weight excluding hydrogens is 233 g/mol. The fourth-order valence-electron chi connectivity index (χ4n) is 1.43. The van der Waals surface area contributed by atoms with Gasteiger partial charge in [0, 0.05) is 11.4 Å². The lowest BCUT2D eigenvalue weighted by atomic mass is 10.1. The molecule has 1 aromatic heterocycles. The molecule has 0 radical (unpaired) electrons. The van der Waals surface area contributed by atoms with Gasteiger partial charge < -0.3 is 5.73 Å². The monoisotopic (exact) mass is 241 g/mol. The second kappa shape index (κ2) is 4.31. The number of rotatable bonds is 2. The number of hydrogen-bond acceptors (Lipinski definition) is 2. The highest BCUT2D eigenvalue weighted by Gasteiger charge is 2.07. The highest BCUT2D eigenvalue weighted by molar-refractivity contribution is 7.19. The predicted molar refractivity (Wildman–Crippen MR) is 62.6 cm³/mol. The number of thiophene rings is 1. The van der Waals surface area contributed by atoms with Gasteiger partial charge in [-0.3, -0.25) is 0 Å². The molecule has 0 amide bonds. The summed E-state index contributed by atoms with van der Waals surface area (Å²) in [4.78, 5) is 1.01. The molecule has 0 aliphatic carbocycles. The molecule has 0 aliphatic rings. The van der Waals surface area contributed by atoms with Crippen molar-refractivity contribution in [1.82, 2.24) is 0 Å². The molecule has 2 N–H and O–H groups in total. The van der Waals surface area contributed by atoms with Gasteiger partial charge in [-0.15, -0.1) is 11.3 Å². The number of nitrogens with two attached hydrogens (primary N) is 1. The highest BCUT2D eigenvalue weighted by Crippen LogP contribution is 2.33. The molecule has 0 saturated carbocycles. The second-order valence-corrected chi connectivity index (χ2v) is 4.82. The molecule has 0 bridgehead atoms. The van der Waals surface area contributed by atoms with Crippen molar-refractivity contribution >= 4 is 22.9 Å². The van der Waals surface area contributed by atoms with Crippen LogP contribution < -0.4 is 5.73 Å². The van der Waals surface area contributed by atoms with Crippen LogP contribution >= 0.6 is 22.9 Å². The summed E-state index contributed by atoms with van der Waals surface area (Å²) in [6.45, 7) is 0.322. The number of benzene rings is 1. The van der Waals surface area contributed by atoms with E-state index in [9.17, 15) is 4.39 Å². The smallest absolute Gasteiger partial charge is 0.123 e. The summed E-state index contributed by atoms with van der Waals surface area (Å²) in [5.74, 6) is -0.262. The summed E-state index contributed by atoms with van der Waals surface area (Å²) in [5.41, 5.74) is 7.32. The summed E-state index contributed by atoms with van der Waals surface area (Å²) < 4.78 is 13.7. The third-order valence-electron chi connectivity index (χ3n) is 2.13. The molecule has 2 aromatic rings. The summed E-state index contributed by atoms with van der Waals surface area (Å²) in [6, 6.07) is 8.37. The zero-order chi connectivity index (χ0) is 10.8.